The standard InChI is InChI=1S/C36H26N2/c1-25-9-7-8-22-38(30-18-14-27(15-19-30)26-10-3-2-4-11-26)36-21-17-28(23-33(25)36)29-16-20-32-31-12-5-6-13-34(31)37-35(32)24-29/h2-24,37H,1H2/b9-7-,22-8-. The molecule has 0 fully saturated rings. The normalized spacial score (nSPS) is 14.7. The summed E-state index contributed by atoms with van der Waals surface area (Å²) in [7, 11) is 0. The van der Waals surface area contributed by atoms with Gasteiger partial charge in [-0.2, -0.15) is 0 Å². The van der Waals surface area contributed by atoms with Crippen molar-refractivity contribution in [2.24, 2.45) is 0 Å². The van der Waals surface area contributed by atoms with Crippen molar-refractivity contribution < 1.29 is 0 Å². The maximum absolute atomic E-state index is 4.40. The Morgan fingerprint density at radius 3 is 2.11 bits per heavy atom. The van der Waals surface area contributed by atoms with Gasteiger partial charge in [0.05, 0.1) is 5.69 Å². The van der Waals surface area contributed by atoms with Gasteiger partial charge in [-0.3, -0.25) is 0 Å². The molecule has 2 heterocycles. The fourth-order valence-corrected chi connectivity index (χ4v) is 5.36. The molecule has 0 amide bonds. The Labute approximate surface area is 222 Å². The first-order chi connectivity index (χ1) is 18.7. The highest BCUT2D eigenvalue weighted by molar-refractivity contribution is 6.08. The fraction of sp³-hybridized carbons (Fsp3) is 0. The zero-order chi connectivity index (χ0) is 25.5. The number of fused-ring (bicyclic) bond motifs is 4. The number of rotatable bonds is 3. The molecule has 2 nitrogen and oxygen atoms in total. The number of hydrogen-bond donors (Lipinski definition) is 1. The van der Waals surface area contributed by atoms with E-state index in [0.717, 1.165) is 33.5 Å². The smallest absolute Gasteiger partial charge is 0.0534 e. The van der Waals surface area contributed by atoms with Crippen LogP contribution in [0.1, 0.15) is 5.56 Å². The molecular formula is C36H26N2. The van der Waals surface area contributed by atoms with Crippen molar-refractivity contribution in [1.82, 2.24) is 4.98 Å². The van der Waals surface area contributed by atoms with Gasteiger partial charge in [-0.05, 0) is 70.3 Å². The van der Waals surface area contributed by atoms with Crippen molar-refractivity contribution in [3.63, 3.8) is 0 Å². The Balaban J connectivity index is 1.29. The average Bonchev–Trinajstić information content (AvgIpc) is 3.34. The number of anilines is 2. The molecule has 2 heteroatoms. The molecule has 5 aromatic carbocycles. The number of aromatic amines is 1. The lowest BCUT2D eigenvalue weighted by atomic mass is 9.95. The molecule has 1 aliphatic rings. The first-order valence-corrected chi connectivity index (χ1v) is 12.9. The highest BCUT2D eigenvalue weighted by Crippen LogP contribution is 2.38. The van der Waals surface area contributed by atoms with Gasteiger partial charge in [0.25, 0.3) is 0 Å². The molecule has 1 aromatic heterocycles. The van der Waals surface area contributed by atoms with E-state index in [2.05, 4.69) is 150 Å². The minimum absolute atomic E-state index is 0.990. The summed E-state index contributed by atoms with van der Waals surface area (Å²) in [5.41, 5.74) is 11.4. The number of hydrogen-bond acceptors (Lipinski definition) is 1. The predicted octanol–water partition coefficient (Wildman–Crippen LogP) is 9.89. The monoisotopic (exact) mass is 486 g/mol. The molecule has 0 spiro atoms. The molecule has 180 valence electrons. The number of benzene rings is 5. The molecule has 7 rings (SSSR count). The predicted molar refractivity (Wildman–Crippen MR) is 163 cm³/mol. The van der Waals surface area contributed by atoms with Crippen LogP contribution in [0.4, 0.5) is 11.4 Å². The van der Waals surface area contributed by atoms with Crippen molar-refractivity contribution in [2.45, 2.75) is 0 Å². The van der Waals surface area contributed by atoms with Crippen molar-refractivity contribution in [3.05, 3.63) is 152 Å². The quantitative estimate of drug-likeness (QED) is 0.264. The second-order valence-electron chi connectivity index (χ2n) is 9.67. The van der Waals surface area contributed by atoms with Crippen molar-refractivity contribution in [1.29, 1.82) is 0 Å². The third-order valence-electron chi connectivity index (χ3n) is 7.34. The summed E-state index contributed by atoms with van der Waals surface area (Å²) < 4.78 is 0. The van der Waals surface area contributed by atoms with E-state index in [1.165, 1.54) is 33.0 Å². The molecule has 6 aromatic rings. The molecule has 38 heavy (non-hydrogen) atoms. The third-order valence-corrected chi connectivity index (χ3v) is 7.34. The first-order valence-electron chi connectivity index (χ1n) is 12.9. The minimum Gasteiger partial charge on any atom is -0.354 e. The van der Waals surface area contributed by atoms with E-state index in [1.807, 2.05) is 6.07 Å². The van der Waals surface area contributed by atoms with Crippen LogP contribution < -0.4 is 4.90 Å². The Morgan fingerprint density at radius 2 is 1.24 bits per heavy atom. The third kappa shape index (κ3) is 3.84. The molecule has 1 N–H and O–H groups in total. The van der Waals surface area contributed by atoms with Crippen LogP contribution in [0.25, 0.3) is 49.6 Å². The Morgan fingerprint density at radius 1 is 0.553 bits per heavy atom. The lowest BCUT2D eigenvalue weighted by Crippen LogP contribution is -2.11. The maximum atomic E-state index is 4.40. The van der Waals surface area contributed by atoms with E-state index in [0.29, 0.717) is 0 Å². The maximum Gasteiger partial charge on any atom is 0.0534 e. The molecular weight excluding hydrogens is 460 g/mol. The van der Waals surface area contributed by atoms with Gasteiger partial charge in [-0.15, -0.1) is 0 Å². The second-order valence-corrected chi connectivity index (χ2v) is 9.67. The van der Waals surface area contributed by atoms with Crippen LogP contribution in [0.5, 0.6) is 0 Å². The van der Waals surface area contributed by atoms with Crippen LogP contribution in [0, 0.1) is 0 Å². The highest BCUT2D eigenvalue weighted by Gasteiger charge is 2.16. The molecule has 0 saturated heterocycles. The Kier molecular flexibility index (Phi) is 5.30. The number of allylic oxidation sites excluding steroid dienone is 4. The van der Waals surface area contributed by atoms with E-state index in [9.17, 15) is 0 Å². The van der Waals surface area contributed by atoms with Crippen LogP contribution in [-0.4, -0.2) is 4.98 Å². The van der Waals surface area contributed by atoms with Gasteiger partial charge < -0.3 is 9.88 Å². The van der Waals surface area contributed by atoms with Crippen molar-refractivity contribution in [2.75, 3.05) is 4.90 Å². The van der Waals surface area contributed by atoms with E-state index < -0.39 is 0 Å². The zero-order valence-electron chi connectivity index (χ0n) is 20.9. The van der Waals surface area contributed by atoms with E-state index in [1.54, 1.807) is 0 Å². The first kappa shape index (κ1) is 22.1. The summed E-state index contributed by atoms with van der Waals surface area (Å²) in [6, 6.07) is 41.0. The summed E-state index contributed by atoms with van der Waals surface area (Å²) >= 11 is 0. The van der Waals surface area contributed by atoms with Gasteiger partial charge in [0.2, 0.25) is 0 Å². The van der Waals surface area contributed by atoms with Crippen molar-refractivity contribution >= 4 is 38.8 Å². The summed E-state index contributed by atoms with van der Waals surface area (Å²) in [5.74, 6) is 0. The lowest BCUT2D eigenvalue weighted by molar-refractivity contribution is 1.27. The summed E-state index contributed by atoms with van der Waals surface area (Å²) in [6.45, 7) is 4.40. The van der Waals surface area contributed by atoms with Crippen LogP contribution in [-0.2, 0) is 0 Å². The summed E-state index contributed by atoms with van der Waals surface area (Å²) in [4.78, 5) is 5.82. The molecule has 0 bridgehead atoms. The van der Waals surface area contributed by atoms with Gasteiger partial charge in [-0.1, -0.05) is 97.6 Å². The van der Waals surface area contributed by atoms with Gasteiger partial charge in [-0.25, -0.2) is 0 Å². The van der Waals surface area contributed by atoms with Gasteiger partial charge in [0, 0.05) is 39.3 Å². The van der Waals surface area contributed by atoms with Crippen LogP contribution in [0.2, 0.25) is 0 Å². The van der Waals surface area contributed by atoms with Gasteiger partial charge in [0.1, 0.15) is 0 Å². The number of aromatic nitrogens is 1. The van der Waals surface area contributed by atoms with Gasteiger partial charge in [0.15, 0.2) is 0 Å². The SMILES string of the molecule is C=C1/C=C\C=C/N(c2ccc(-c3ccccc3)cc2)c2ccc(-c3ccc4c(c3)[nH]c3ccccc34)cc21. The number of para-hydroxylation sites is 1. The van der Waals surface area contributed by atoms with Gasteiger partial charge >= 0.3 is 0 Å². The number of nitrogens with zero attached hydrogens (tertiary/aromatic N) is 1. The van der Waals surface area contributed by atoms with E-state index in [-0.39, 0.29) is 0 Å². The summed E-state index contributed by atoms with van der Waals surface area (Å²) in [6.07, 6.45) is 8.32. The fourth-order valence-electron chi connectivity index (χ4n) is 5.36. The second kappa shape index (κ2) is 9.10. The van der Waals surface area contributed by atoms with E-state index in [4.69, 9.17) is 0 Å². The zero-order valence-corrected chi connectivity index (χ0v) is 20.9. The Hall–Kier alpha value is -5.08. The molecule has 0 aliphatic carbocycles. The number of nitrogens with one attached hydrogen (secondary N) is 1. The average molecular weight is 487 g/mol. The molecule has 0 saturated carbocycles. The Bertz CT molecular complexity index is 1870. The molecule has 1 aliphatic heterocycles. The summed E-state index contributed by atoms with van der Waals surface area (Å²) in [5, 5.41) is 2.50. The molecule has 0 atom stereocenters. The minimum atomic E-state index is 0.990. The molecule has 0 unspecified atom stereocenters. The lowest BCUT2D eigenvalue weighted by Gasteiger charge is -2.26. The largest absolute Gasteiger partial charge is 0.354 e. The molecule has 0 radical (unpaired) electrons. The topological polar surface area (TPSA) is 19.0 Å². The van der Waals surface area contributed by atoms with Crippen molar-refractivity contribution in [3.8, 4) is 22.3 Å². The van der Waals surface area contributed by atoms with Crippen LogP contribution in [0.15, 0.2) is 146 Å². The number of H-pyrrole nitrogens is 1. The van der Waals surface area contributed by atoms with Crippen LogP contribution in [0.3, 0.4) is 0 Å². The van der Waals surface area contributed by atoms with E-state index >= 15 is 0 Å². The highest BCUT2D eigenvalue weighted by atomic mass is 15.1. The van der Waals surface area contributed by atoms with Crippen LogP contribution >= 0.6 is 0 Å².